The van der Waals surface area contributed by atoms with Crippen LogP contribution < -0.4 is 16.2 Å². The molecule has 122 valence electrons. The van der Waals surface area contributed by atoms with Crippen LogP contribution in [0.25, 0.3) is 6.08 Å². The van der Waals surface area contributed by atoms with Crippen molar-refractivity contribution in [2.75, 3.05) is 0 Å². The van der Waals surface area contributed by atoms with E-state index in [0.717, 1.165) is 6.08 Å². The summed E-state index contributed by atoms with van der Waals surface area (Å²) in [5, 5.41) is 8.57. The molecule has 7 nitrogen and oxygen atoms in total. The topological polar surface area (TPSA) is 128 Å². The molecular formula is C17H15N3O4. The van der Waals surface area contributed by atoms with E-state index in [9.17, 15) is 9.59 Å². The van der Waals surface area contributed by atoms with E-state index in [1.165, 1.54) is 6.08 Å². The molecule has 2 aromatic carbocycles. The van der Waals surface area contributed by atoms with Crippen LogP contribution in [0.1, 0.15) is 15.9 Å². The number of nitrogens with zero attached hydrogens (tertiary/aromatic N) is 1. The summed E-state index contributed by atoms with van der Waals surface area (Å²) in [6.07, 6.45) is 2.45. The van der Waals surface area contributed by atoms with E-state index in [1.807, 2.05) is 0 Å². The molecular weight excluding hydrogens is 310 g/mol. The van der Waals surface area contributed by atoms with Gasteiger partial charge in [0, 0.05) is 6.08 Å². The highest BCUT2D eigenvalue weighted by atomic mass is 16.5. The Balaban J connectivity index is 2.04. The minimum Gasteiger partial charge on any atom is -0.478 e. The number of carbonyl (C=O) groups is 2. The predicted molar refractivity (Wildman–Crippen MR) is 90.0 cm³/mol. The van der Waals surface area contributed by atoms with Gasteiger partial charge in [0.05, 0.1) is 11.3 Å². The molecule has 0 heterocycles. The lowest BCUT2D eigenvalue weighted by Crippen LogP contribution is -2.21. The maximum Gasteiger partial charge on any atom is 0.343 e. The van der Waals surface area contributed by atoms with Gasteiger partial charge in [-0.3, -0.25) is 0 Å². The van der Waals surface area contributed by atoms with Crippen LogP contribution >= 0.6 is 0 Å². The van der Waals surface area contributed by atoms with Crippen LogP contribution in [0.15, 0.2) is 59.6 Å². The van der Waals surface area contributed by atoms with E-state index in [-0.39, 0.29) is 5.96 Å². The number of rotatable bonds is 5. The van der Waals surface area contributed by atoms with Crippen molar-refractivity contribution < 1.29 is 19.4 Å². The van der Waals surface area contributed by atoms with Crippen molar-refractivity contribution in [1.82, 2.24) is 0 Å². The minimum atomic E-state index is -1.04. The number of aliphatic imine (C=N–C) groups is 1. The quantitative estimate of drug-likeness (QED) is 0.253. The first-order valence-electron chi connectivity index (χ1n) is 6.87. The Kier molecular flexibility index (Phi) is 5.30. The number of carboxylic acids is 1. The summed E-state index contributed by atoms with van der Waals surface area (Å²) in [5.74, 6) is -1.28. The molecule has 0 bridgehead atoms. The molecule has 0 aliphatic rings. The van der Waals surface area contributed by atoms with Crippen LogP contribution in [0.3, 0.4) is 0 Å². The normalized spacial score (nSPS) is 10.3. The van der Waals surface area contributed by atoms with Crippen molar-refractivity contribution >= 4 is 29.7 Å². The molecule has 0 aliphatic heterocycles. The van der Waals surface area contributed by atoms with Crippen molar-refractivity contribution in [2.45, 2.75) is 0 Å². The number of esters is 1. The first kappa shape index (κ1) is 16.8. The highest BCUT2D eigenvalue weighted by Crippen LogP contribution is 2.19. The molecule has 0 aromatic heterocycles. The Hall–Kier alpha value is -3.61. The van der Waals surface area contributed by atoms with Gasteiger partial charge in [0.1, 0.15) is 5.75 Å². The molecule has 24 heavy (non-hydrogen) atoms. The van der Waals surface area contributed by atoms with E-state index < -0.39 is 11.9 Å². The summed E-state index contributed by atoms with van der Waals surface area (Å²) in [6.45, 7) is 0. The fraction of sp³-hybridized carbons (Fsp3) is 0. The van der Waals surface area contributed by atoms with Gasteiger partial charge in [-0.2, -0.15) is 0 Å². The third kappa shape index (κ3) is 4.99. The molecule has 2 aromatic rings. The van der Waals surface area contributed by atoms with Crippen molar-refractivity contribution in [1.29, 1.82) is 0 Å². The van der Waals surface area contributed by atoms with Crippen molar-refractivity contribution in [3.63, 3.8) is 0 Å². The molecule has 0 saturated heterocycles. The number of ether oxygens (including phenoxy) is 1. The van der Waals surface area contributed by atoms with Crippen LogP contribution in [0, 0.1) is 0 Å². The number of benzene rings is 2. The Morgan fingerprint density at radius 1 is 1.00 bits per heavy atom. The number of carbonyl (C=O) groups excluding carboxylic acids is 1. The van der Waals surface area contributed by atoms with Crippen molar-refractivity contribution in [3.05, 3.63) is 65.7 Å². The van der Waals surface area contributed by atoms with Crippen molar-refractivity contribution in [3.8, 4) is 5.75 Å². The number of nitrogens with two attached hydrogens (primary N) is 2. The summed E-state index contributed by atoms with van der Waals surface area (Å²) >= 11 is 0. The Morgan fingerprint density at radius 2 is 1.62 bits per heavy atom. The van der Waals surface area contributed by atoms with Gasteiger partial charge in [-0.25, -0.2) is 14.6 Å². The largest absolute Gasteiger partial charge is 0.478 e. The summed E-state index contributed by atoms with van der Waals surface area (Å²) in [4.78, 5) is 26.4. The van der Waals surface area contributed by atoms with Crippen LogP contribution in [0.4, 0.5) is 5.69 Å². The van der Waals surface area contributed by atoms with E-state index in [1.54, 1.807) is 48.5 Å². The zero-order valence-corrected chi connectivity index (χ0v) is 12.5. The first-order chi connectivity index (χ1) is 11.4. The van der Waals surface area contributed by atoms with Crippen molar-refractivity contribution in [2.24, 2.45) is 16.5 Å². The van der Waals surface area contributed by atoms with E-state index in [4.69, 9.17) is 21.3 Å². The maximum absolute atomic E-state index is 12.1. The van der Waals surface area contributed by atoms with Crippen LogP contribution in [0.5, 0.6) is 5.75 Å². The monoisotopic (exact) mass is 325 g/mol. The lowest BCUT2D eigenvalue weighted by atomic mass is 10.1. The molecule has 0 unspecified atom stereocenters. The lowest BCUT2D eigenvalue weighted by molar-refractivity contribution is -0.131. The fourth-order valence-electron chi connectivity index (χ4n) is 1.80. The number of hydrogen-bond donors (Lipinski definition) is 3. The van der Waals surface area contributed by atoms with Gasteiger partial charge in [0.25, 0.3) is 0 Å². The highest BCUT2D eigenvalue weighted by molar-refractivity contribution is 5.91. The third-order valence-electron chi connectivity index (χ3n) is 2.87. The van der Waals surface area contributed by atoms with E-state index >= 15 is 0 Å². The zero-order chi connectivity index (χ0) is 17.5. The summed E-state index contributed by atoms with van der Waals surface area (Å²) < 4.78 is 5.24. The third-order valence-corrected chi connectivity index (χ3v) is 2.87. The standard InChI is InChI=1S/C17H15N3O4/c18-17(19)20-13-6-8-14(9-7-13)24-16(23)12-4-1-11(2-5-12)3-10-15(21)22/h1-10H,(H,21,22)(H4,18,19,20). The second-order valence-electron chi connectivity index (χ2n) is 4.71. The number of aliphatic carboxylic acids is 1. The second-order valence-corrected chi connectivity index (χ2v) is 4.71. The summed E-state index contributed by atoms with van der Waals surface area (Å²) in [6, 6.07) is 12.7. The van der Waals surface area contributed by atoms with Gasteiger partial charge in [0.2, 0.25) is 0 Å². The number of carboxylic acid groups (broad SMARTS) is 1. The van der Waals surface area contributed by atoms with Gasteiger partial charge in [0.15, 0.2) is 5.96 Å². The van der Waals surface area contributed by atoms with Gasteiger partial charge < -0.3 is 21.3 Å². The Labute approximate surface area is 137 Å². The second kappa shape index (κ2) is 7.59. The zero-order valence-electron chi connectivity index (χ0n) is 12.5. The first-order valence-corrected chi connectivity index (χ1v) is 6.87. The number of guanidine groups is 1. The lowest BCUT2D eigenvalue weighted by Gasteiger charge is -2.05. The molecule has 0 fully saturated rings. The molecule has 2 rings (SSSR count). The molecule has 0 spiro atoms. The molecule has 0 aliphatic carbocycles. The van der Waals surface area contributed by atoms with Crippen LogP contribution in [-0.2, 0) is 4.79 Å². The average molecular weight is 325 g/mol. The van der Waals surface area contributed by atoms with Gasteiger partial charge in [-0.1, -0.05) is 12.1 Å². The summed E-state index contributed by atoms with van der Waals surface area (Å²) in [5.41, 5.74) is 12.1. The van der Waals surface area contributed by atoms with Gasteiger partial charge in [-0.05, 0) is 48.0 Å². The van der Waals surface area contributed by atoms with Gasteiger partial charge in [-0.15, -0.1) is 0 Å². The maximum atomic E-state index is 12.1. The fourth-order valence-corrected chi connectivity index (χ4v) is 1.80. The van der Waals surface area contributed by atoms with Gasteiger partial charge >= 0.3 is 11.9 Å². The van der Waals surface area contributed by atoms with Crippen LogP contribution in [0.2, 0.25) is 0 Å². The SMILES string of the molecule is NC(N)=Nc1ccc(OC(=O)c2ccc(C=CC(=O)O)cc2)cc1. The smallest absolute Gasteiger partial charge is 0.343 e. The average Bonchev–Trinajstić information content (AvgIpc) is 2.54. The predicted octanol–water partition coefficient (Wildman–Crippen LogP) is 1.91. The molecule has 0 radical (unpaired) electrons. The van der Waals surface area contributed by atoms with E-state index in [2.05, 4.69) is 4.99 Å². The molecule has 0 atom stereocenters. The van der Waals surface area contributed by atoms with Crippen LogP contribution in [-0.4, -0.2) is 23.0 Å². The Morgan fingerprint density at radius 3 is 2.17 bits per heavy atom. The highest BCUT2D eigenvalue weighted by Gasteiger charge is 2.08. The Bertz CT molecular complexity index is 790. The molecule has 0 amide bonds. The van der Waals surface area contributed by atoms with E-state index in [0.29, 0.717) is 22.6 Å². The minimum absolute atomic E-state index is 0.0585. The molecule has 0 saturated carbocycles. The molecule has 5 N–H and O–H groups in total. The summed E-state index contributed by atoms with van der Waals surface area (Å²) in [7, 11) is 0. The number of hydrogen-bond acceptors (Lipinski definition) is 4. The molecule has 7 heteroatoms.